The summed E-state index contributed by atoms with van der Waals surface area (Å²) >= 11 is 0. The highest BCUT2D eigenvalue weighted by Gasteiger charge is 2.01. The second-order valence-corrected chi connectivity index (χ2v) is 3.68. The predicted molar refractivity (Wildman–Crippen MR) is 64.7 cm³/mol. The number of rotatable bonds is 10. The number of ether oxygens (including phenoxy) is 2. The van der Waals surface area contributed by atoms with Gasteiger partial charge in [0.2, 0.25) is 0 Å². The van der Waals surface area contributed by atoms with Crippen LogP contribution >= 0.6 is 0 Å². The van der Waals surface area contributed by atoms with Gasteiger partial charge in [-0.1, -0.05) is 6.92 Å². The van der Waals surface area contributed by atoms with E-state index in [1.807, 2.05) is 4.68 Å². The van der Waals surface area contributed by atoms with Gasteiger partial charge in [-0.2, -0.15) is 5.10 Å². The molecule has 0 aromatic carbocycles. The predicted octanol–water partition coefficient (Wildman–Crippen LogP) is 0.441. The van der Waals surface area contributed by atoms with Gasteiger partial charge in [-0.05, 0) is 6.42 Å². The summed E-state index contributed by atoms with van der Waals surface area (Å²) in [6.45, 7) is 6.56. The number of aryl methyl sites for hydroxylation is 1. The van der Waals surface area contributed by atoms with E-state index in [0.717, 1.165) is 31.9 Å². The molecule has 0 bridgehead atoms. The third-order valence-electron chi connectivity index (χ3n) is 2.27. The van der Waals surface area contributed by atoms with Crippen LogP contribution in [-0.4, -0.2) is 48.2 Å². The Morgan fingerprint density at radius 3 is 3.00 bits per heavy atom. The van der Waals surface area contributed by atoms with Crippen molar-refractivity contribution in [3.63, 3.8) is 0 Å². The van der Waals surface area contributed by atoms with Crippen molar-refractivity contribution in [2.24, 2.45) is 0 Å². The fourth-order valence-electron chi connectivity index (χ4n) is 1.41. The molecule has 0 saturated carbocycles. The molecule has 6 nitrogen and oxygen atoms in total. The van der Waals surface area contributed by atoms with Crippen LogP contribution in [0.25, 0.3) is 0 Å². The molecule has 0 atom stereocenters. The lowest BCUT2D eigenvalue weighted by Crippen LogP contribution is -2.22. The summed E-state index contributed by atoms with van der Waals surface area (Å²) < 4.78 is 12.2. The summed E-state index contributed by atoms with van der Waals surface area (Å²) in [6.07, 6.45) is 2.66. The lowest BCUT2D eigenvalue weighted by molar-refractivity contribution is 0.0718. The van der Waals surface area contributed by atoms with Crippen molar-refractivity contribution in [3.8, 4) is 0 Å². The first-order chi connectivity index (χ1) is 8.38. The second kappa shape index (κ2) is 9.09. The zero-order valence-electron chi connectivity index (χ0n) is 10.7. The van der Waals surface area contributed by atoms with Crippen molar-refractivity contribution < 1.29 is 9.47 Å². The smallest absolute Gasteiger partial charge is 0.140 e. The lowest BCUT2D eigenvalue weighted by atomic mass is 10.4. The minimum atomic E-state index is 0.643. The van der Waals surface area contributed by atoms with E-state index in [9.17, 15) is 0 Å². The van der Waals surface area contributed by atoms with Crippen LogP contribution in [0.15, 0.2) is 6.33 Å². The molecule has 1 N–H and O–H groups in total. The Bertz CT molecular complexity index is 291. The van der Waals surface area contributed by atoms with Crippen LogP contribution in [0.1, 0.15) is 19.2 Å². The fourth-order valence-corrected chi connectivity index (χ4v) is 1.41. The first-order valence-corrected chi connectivity index (χ1v) is 6.02. The minimum absolute atomic E-state index is 0.643. The molecular formula is C11H22N4O2. The topological polar surface area (TPSA) is 61.2 Å². The van der Waals surface area contributed by atoms with Gasteiger partial charge < -0.3 is 14.8 Å². The molecule has 0 radical (unpaired) electrons. The van der Waals surface area contributed by atoms with Crippen molar-refractivity contribution >= 4 is 0 Å². The highest BCUT2D eigenvalue weighted by atomic mass is 16.5. The van der Waals surface area contributed by atoms with E-state index in [-0.39, 0.29) is 0 Å². The fraction of sp³-hybridized carbons (Fsp3) is 0.818. The van der Waals surface area contributed by atoms with E-state index < -0.39 is 0 Å². The summed E-state index contributed by atoms with van der Waals surface area (Å²) in [6, 6.07) is 0. The summed E-state index contributed by atoms with van der Waals surface area (Å²) in [5.74, 6) is 0.976. The van der Waals surface area contributed by atoms with E-state index >= 15 is 0 Å². The van der Waals surface area contributed by atoms with Crippen LogP contribution in [0.4, 0.5) is 0 Å². The zero-order valence-corrected chi connectivity index (χ0v) is 10.7. The molecule has 1 aromatic heterocycles. The van der Waals surface area contributed by atoms with Crippen molar-refractivity contribution in [2.75, 3.05) is 33.5 Å². The van der Waals surface area contributed by atoms with Gasteiger partial charge in [0, 0.05) is 20.2 Å². The molecule has 0 aliphatic heterocycles. The Labute approximate surface area is 102 Å². The van der Waals surface area contributed by atoms with Gasteiger partial charge in [-0.15, -0.1) is 0 Å². The molecule has 0 aliphatic rings. The average Bonchev–Trinajstić information content (AvgIpc) is 2.76. The number of aromatic nitrogens is 3. The van der Waals surface area contributed by atoms with Gasteiger partial charge in [0.1, 0.15) is 12.2 Å². The Morgan fingerprint density at radius 2 is 2.24 bits per heavy atom. The summed E-state index contributed by atoms with van der Waals surface area (Å²) in [7, 11) is 1.67. The van der Waals surface area contributed by atoms with E-state index in [4.69, 9.17) is 9.47 Å². The first kappa shape index (κ1) is 14.1. The molecule has 0 aliphatic carbocycles. The molecule has 1 aromatic rings. The molecule has 0 spiro atoms. The van der Waals surface area contributed by atoms with Gasteiger partial charge in [-0.3, -0.25) is 0 Å². The minimum Gasteiger partial charge on any atom is -0.382 e. The molecule has 0 fully saturated rings. The van der Waals surface area contributed by atoms with Crippen LogP contribution in [0.3, 0.4) is 0 Å². The van der Waals surface area contributed by atoms with Gasteiger partial charge in [0.25, 0.3) is 0 Å². The maximum absolute atomic E-state index is 5.34. The van der Waals surface area contributed by atoms with Gasteiger partial charge in [-0.25, -0.2) is 9.67 Å². The quantitative estimate of drug-likeness (QED) is 0.603. The zero-order chi connectivity index (χ0) is 12.3. The number of hydrogen-bond donors (Lipinski definition) is 1. The van der Waals surface area contributed by atoms with Gasteiger partial charge in [0.15, 0.2) is 0 Å². The van der Waals surface area contributed by atoms with Crippen molar-refractivity contribution in [1.82, 2.24) is 20.1 Å². The van der Waals surface area contributed by atoms with E-state index in [1.165, 1.54) is 0 Å². The van der Waals surface area contributed by atoms with E-state index in [0.29, 0.717) is 19.8 Å². The van der Waals surface area contributed by atoms with Crippen LogP contribution in [0, 0.1) is 0 Å². The molecule has 1 rings (SSSR count). The van der Waals surface area contributed by atoms with Crippen LogP contribution < -0.4 is 5.32 Å². The highest BCUT2D eigenvalue weighted by molar-refractivity contribution is 4.83. The maximum atomic E-state index is 5.34. The van der Waals surface area contributed by atoms with Gasteiger partial charge >= 0.3 is 0 Å². The summed E-state index contributed by atoms with van der Waals surface area (Å²) in [4.78, 5) is 4.21. The molecule has 1 heterocycles. The Kier molecular flexibility index (Phi) is 7.53. The number of nitrogens with one attached hydrogen (secondary N) is 1. The molecule has 0 amide bonds. The molecule has 0 saturated heterocycles. The Hall–Kier alpha value is -0.980. The average molecular weight is 242 g/mol. The van der Waals surface area contributed by atoms with Crippen molar-refractivity contribution in [3.05, 3.63) is 12.2 Å². The SMILES string of the molecule is CCCn1ncnc1CNCCOCCOC. The van der Waals surface area contributed by atoms with Crippen LogP contribution in [0.2, 0.25) is 0 Å². The Balaban J connectivity index is 2.07. The highest BCUT2D eigenvalue weighted by Crippen LogP contribution is 1.95. The number of nitrogens with zero attached hydrogens (tertiary/aromatic N) is 3. The number of methoxy groups -OCH3 is 1. The maximum Gasteiger partial charge on any atom is 0.140 e. The van der Waals surface area contributed by atoms with Crippen LogP contribution in [-0.2, 0) is 22.6 Å². The van der Waals surface area contributed by atoms with Crippen LogP contribution in [0.5, 0.6) is 0 Å². The van der Waals surface area contributed by atoms with E-state index in [1.54, 1.807) is 13.4 Å². The molecule has 0 unspecified atom stereocenters. The Morgan fingerprint density at radius 1 is 1.35 bits per heavy atom. The van der Waals surface area contributed by atoms with Crippen molar-refractivity contribution in [1.29, 1.82) is 0 Å². The monoisotopic (exact) mass is 242 g/mol. The van der Waals surface area contributed by atoms with Crippen molar-refractivity contribution in [2.45, 2.75) is 26.4 Å². The molecular weight excluding hydrogens is 220 g/mol. The third-order valence-corrected chi connectivity index (χ3v) is 2.27. The standard InChI is InChI=1S/C11H22N4O2/c1-3-5-15-11(13-10-14-15)9-12-4-6-17-8-7-16-2/h10,12H,3-9H2,1-2H3. The first-order valence-electron chi connectivity index (χ1n) is 6.02. The second-order valence-electron chi connectivity index (χ2n) is 3.68. The van der Waals surface area contributed by atoms with E-state index in [2.05, 4.69) is 22.3 Å². The third kappa shape index (κ3) is 5.76. The lowest BCUT2D eigenvalue weighted by Gasteiger charge is -2.07. The number of hydrogen-bond acceptors (Lipinski definition) is 5. The summed E-state index contributed by atoms with van der Waals surface area (Å²) in [5.41, 5.74) is 0. The largest absolute Gasteiger partial charge is 0.382 e. The molecule has 17 heavy (non-hydrogen) atoms. The molecule has 6 heteroatoms. The summed E-state index contributed by atoms with van der Waals surface area (Å²) in [5, 5.41) is 7.44. The normalized spacial score (nSPS) is 10.9. The molecule has 98 valence electrons. The van der Waals surface area contributed by atoms with Gasteiger partial charge in [0.05, 0.1) is 26.4 Å².